The number of nitrogens with zero attached hydrogens (tertiary/aromatic N) is 2. The zero-order chi connectivity index (χ0) is 18.9. The summed E-state index contributed by atoms with van der Waals surface area (Å²) in [5.74, 6) is 0.838. The zero-order valence-corrected chi connectivity index (χ0v) is 16.4. The molecule has 0 unspecified atom stereocenters. The number of piperidine rings is 1. The van der Waals surface area contributed by atoms with Gasteiger partial charge in [0.2, 0.25) is 0 Å². The standard InChI is InChI=1S/C24H28N2O2/c27-24(25-12-4-1-5-13-25)19-8-9-23-21(16-19)20-6-2-3-7-22(20)26(23)17-18-10-14-28-15-11-18/h2-3,6-9,16,18H,1,4-5,10-15,17H2. The Morgan fingerprint density at radius 3 is 2.50 bits per heavy atom. The van der Waals surface area contributed by atoms with E-state index >= 15 is 0 Å². The van der Waals surface area contributed by atoms with E-state index < -0.39 is 0 Å². The lowest BCUT2D eigenvalue weighted by molar-refractivity contribution is 0.0619. The zero-order valence-electron chi connectivity index (χ0n) is 16.4. The van der Waals surface area contributed by atoms with Crippen LogP contribution in [0.1, 0.15) is 42.5 Å². The molecule has 3 aromatic rings. The minimum Gasteiger partial charge on any atom is -0.381 e. The Labute approximate surface area is 166 Å². The topological polar surface area (TPSA) is 34.5 Å². The summed E-state index contributed by atoms with van der Waals surface area (Å²) >= 11 is 0. The fourth-order valence-electron chi connectivity index (χ4n) is 4.85. The number of likely N-dealkylation sites (tertiary alicyclic amines) is 1. The first-order valence-electron chi connectivity index (χ1n) is 10.7. The quantitative estimate of drug-likeness (QED) is 0.655. The van der Waals surface area contributed by atoms with Gasteiger partial charge in [-0.1, -0.05) is 18.2 Å². The summed E-state index contributed by atoms with van der Waals surface area (Å²) in [7, 11) is 0. The molecule has 0 N–H and O–H groups in total. The molecule has 0 bridgehead atoms. The maximum atomic E-state index is 13.0. The average Bonchev–Trinajstić information content (AvgIpc) is 3.08. The van der Waals surface area contributed by atoms with Crippen molar-refractivity contribution in [2.45, 2.75) is 38.6 Å². The average molecular weight is 377 g/mol. The van der Waals surface area contributed by atoms with Gasteiger partial charge in [0, 0.05) is 60.2 Å². The van der Waals surface area contributed by atoms with Crippen molar-refractivity contribution in [3.8, 4) is 0 Å². The summed E-state index contributed by atoms with van der Waals surface area (Å²) in [6.45, 7) is 4.55. The molecule has 2 aliphatic heterocycles. The molecule has 0 saturated carbocycles. The number of aromatic nitrogens is 1. The van der Waals surface area contributed by atoms with Crippen LogP contribution in [-0.2, 0) is 11.3 Å². The maximum Gasteiger partial charge on any atom is 0.253 e. The summed E-state index contributed by atoms with van der Waals surface area (Å²) in [5.41, 5.74) is 3.33. The molecule has 0 aliphatic carbocycles. The lowest BCUT2D eigenvalue weighted by atomic mass is 10.0. The Morgan fingerprint density at radius 2 is 1.68 bits per heavy atom. The number of carbonyl (C=O) groups excluding carboxylic acids is 1. The van der Waals surface area contributed by atoms with Crippen LogP contribution >= 0.6 is 0 Å². The summed E-state index contributed by atoms with van der Waals surface area (Å²) in [6.07, 6.45) is 5.73. The first kappa shape index (κ1) is 17.7. The molecule has 1 amide bonds. The van der Waals surface area contributed by atoms with Crippen molar-refractivity contribution in [1.82, 2.24) is 9.47 Å². The number of benzene rings is 2. The van der Waals surface area contributed by atoms with E-state index in [4.69, 9.17) is 4.74 Å². The molecule has 2 saturated heterocycles. The molecule has 3 heterocycles. The largest absolute Gasteiger partial charge is 0.381 e. The van der Waals surface area contributed by atoms with Gasteiger partial charge < -0.3 is 14.2 Å². The molecule has 5 rings (SSSR count). The predicted octanol–water partition coefficient (Wildman–Crippen LogP) is 4.85. The van der Waals surface area contributed by atoms with E-state index in [0.29, 0.717) is 5.92 Å². The predicted molar refractivity (Wildman–Crippen MR) is 113 cm³/mol. The van der Waals surface area contributed by atoms with Gasteiger partial charge in [-0.3, -0.25) is 4.79 Å². The monoisotopic (exact) mass is 376 g/mol. The number of ether oxygens (including phenoxy) is 1. The Hall–Kier alpha value is -2.33. The van der Waals surface area contributed by atoms with E-state index in [0.717, 1.165) is 64.1 Å². The molecule has 0 radical (unpaired) electrons. The molecule has 4 heteroatoms. The number of hydrogen-bond acceptors (Lipinski definition) is 2. The molecule has 2 aliphatic rings. The normalized spacial score (nSPS) is 18.8. The number of fused-ring (bicyclic) bond motifs is 3. The van der Waals surface area contributed by atoms with Crippen molar-refractivity contribution in [1.29, 1.82) is 0 Å². The number of carbonyl (C=O) groups is 1. The van der Waals surface area contributed by atoms with Crippen LogP contribution in [0.3, 0.4) is 0 Å². The SMILES string of the molecule is O=C(c1ccc2c(c1)c1ccccc1n2CC1CCOCC1)N1CCCCC1. The Balaban J connectivity index is 1.55. The summed E-state index contributed by atoms with van der Waals surface area (Å²) in [5, 5.41) is 2.45. The molecular weight excluding hydrogens is 348 g/mol. The minimum atomic E-state index is 0.183. The molecule has 4 nitrogen and oxygen atoms in total. The van der Waals surface area contributed by atoms with Gasteiger partial charge in [0.1, 0.15) is 0 Å². The van der Waals surface area contributed by atoms with Gasteiger partial charge in [-0.2, -0.15) is 0 Å². The van der Waals surface area contributed by atoms with Gasteiger partial charge >= 0.3 is 0 Å². The number of para-hydroxylation sites is 1. The number of amides is 1. The van der Waals surface area contributed by atoms with Crippen LogP contribution in [0.4, 0.5) is 0 Å². The molecule has 1 aromatic heterocycles. The van der Waals surface area contributed by atoms with E-state index in [1.165, 1.54) is 28.2 Å². The third-order valence-electron chi connectivity index (χ3n) is 6.44. The highest BCUT2D eigenvalue weighted by Gasteiger charge is 2.21. The molecule has 146 valence electrons. The molecule has 0 spiro atoms. The third-order valence-corrected chi connectivity index (χ3v) is 6.44. The highest BCUT2D eigenvalue weighted by atomic mass is 16.5. The van der Waals surface area contributed by atoms with E-state index in [1.54, 1.807) is 0 Å². The van der Waals surface area contributed by atoms with Crippen molar-refractivity contribution in [3.63, 3.8) is 0 Å². The summed E-state index contributed by atoms with van der Waals surface area (Å²) < 4.78 is 8.00. The lowest BCUT2D eigenvalue weighted by Gasteiger charge is -2.26. The van der Waals surface area contributed by atoms with Crippen LogP contribution in [0, 0.1) is 5.92 Å². The molecular formula is C24H28N2O2. The van der Waals surface area contributed by atoms with Gasteiger partial charge in [0.05, 0.1) is 0 Å². The van der Waals surface area contributed by atoms with E-state index in [9.17, 15) is 4.79 Å². The Kier molecular flexibility index (Phi) is 4.81. The fourth-order valence-corrected chi connectivity index (χ4v) is 4.85. The van der Waals surface area contributed by atoms with Gasteiger partial charge in [0.25, 0.3) is 5.91 Å². The van der Waals surface area contributed by atoms with Crippen LogP contribution < -0.4 is 0 Å². The molecule has 2 aromatic carbocycles. The van der Waals surface area contributed by atoms with Crippen LogP contribution in [0.5, 0.6) is 0 Å². The maximum absolute atomic E-state index is 13.0. The van der Waals surface area contributed by atoms with Crippen LogP contribution in [-0.4, -0.2) is 41.7 Å². The van der Waals surface area contributed by atoms with Crippen LogP contribution in [0.2, 0.25) is 0 Å². The van der Waals surface area contributed by atoms with Crippen molar-refractivity contribution in [2.75, 3.05) is 26.3 Å². The van der Waals surface area contributed by atoms with Crippen molar-refractivity contribution >= 4 is 27.7 Å². The number of rotatable bonds is 3. The highest BCUT2D eigenvalue weighted by Crippen LogP contribution is 2.32. The smallest absolute Gasteiger partial charge is 0.253 e. The van der Waals surface area contributed by atoms with Crippen LogP contribution in [0.15, 0.2) is 42.5 Å². The molecule has 28 heavy (non-hydrogen) atoms. The molecule has 2 fully saturated rings. The number of hydrogen-bond donors (Lipinski definition) is 0. The third kappa shape index (κ3) is 3.20. The van der Waals surface area contributed by atoms with E-state index in [-0.39, 0.29) is 5.91 Å². The highest BCUT2D eigenvalue weighted by molar-refractivity contribution is 6.10. The Bertz CT molecular complexity index is 994. The van der Waals surface area contributed by atoms with Crippen LogP contribution in [0.25, 0.3) is 21.8 Å². The first-order chi connectivity index (χ1) is 13.8. The van der Waals surface area contributed by atoms with Gasteiger partial charge in [0.15, 0.2) is 0 Å². The second-order valence-electron chi connectivity index (χ2n) is 8.27. The lowest BCUT2D eigenvalue weighted by Crippen LogP contribution is -2.35. The second kappa shape index (κ2) is 7.59. The van der Waals surface area contributed by atoms with Crippen molar-refractivity contribution in [3.05, 3.63) is 48.0 Å². The molecule has 0 atom stereocenters. The van der Waals surface area contributed by atoms with E-state index in [2.05, 4.69) is 41.0 Å². The first-order valence-corrected chi connectivity index (χ1v) is 10.7. The van der Waals surface area contributed by atoms with Gasteiger partial charge in [-0.25, -0.2) is 0 Å². The van der Waals surface area contributed by atoms with Gasteiger partial charge in [-0.15, -0.1) is 0 Å². The summed E-state index contributed by atoms with van der Waals surface area (Å²) in [6, 6.07) is 14.9. The fraction of sp³-hybridized carbons (Fsp3) is 0.458. The minimum absolute atomic E-state index is 0.183. The van der Waals surface area contributed by atoms with Gasteiger partial charge in [-0.05, 0) is 62.3 Å². The van der Waals surface area contributed by atoms with Crippen molar-refractivity contribution < 1.29 is 9.53 Å². The van der Waals surface area contributed by atoms with E-state index in [1.807, 2.05) is 11.0 Å². The Morgan fingerprint density at radius 1 is 0.929 bits per heavy atom. The van der Waals surface area contributed by atoms with Crippen molar-refractivity contribution in [2.24, 2.45) is 5.92 Å². The second-order valence-corrected chi connectivity index (χ2v) is 8.27. The summed E-state index contributed by atoms with van der Waals surface area (Å²) in [4.78, 5) is 15.0.